The minimum absolute atomic E-state index is 0.223. The zero-order valence-electron chi connectivity index (χ0n) is 9.47. The van der Waals surface area contributed by atoms with Crippen LogP contribution in [0.15, 0.2) is 42.7 Å². The molecule has 0 aliphatic heterocycles. The van der Waals surface area contributed by atoms with Crippen LogP contribution in [0.5, 0.6) is 0 Å². The zero-order valence-corrected chi connectivity index (χ0v) is 9.47. The standard InChI is InChI=1S/C13H13N3O/c1-9-4-2-3-5-12(9)16-13(17)10-6-7-15-8-11(10)14/h2-8H,14H2,1H3,(H,16,17). The summed E-state index contributed by atoms with van der Waals surface area (Å²) in [6, 6.07) is 9.18. The fourth-order valence-corrected chi connectivity index (χ4v) is 1.52. The molecule has 0 saturated heterocycles. The zero-order chi connectivity index (χ0) is 12.3. The average molecular weight is 227 g/mol. The van der Waals surface area contributed by atoms with Gasteiger partial charge in [0, 0.05) is 11.9 Å². The van der Waals surface area contributed by atoms with E-state index in [-0.39, 0.29) is 5.91 Å². The fourth-order valence-electron chi connectivity index (χ4n) is 1.52. The maximum absolute atomic E-state index is 12.0. The fraction of sp³-hybridized carbons (Fsp3) is 0.0769. The highest BCUT2D eigenvalue weighted by Gasteiger charge is 2.10. The normalized spacial score (nSPS) is 9.94. The third kappa shape index (κ3) is 2.42. The maximum atomic E-state index is 12.0. The van der Waals surface area contributed by atoms with Crippen molar-refractivity contribution in [3.8, 4) is 0 Å². The van der Waals surface area contributed by atoms with Gasteiger partial charge in [0.15, 0.2) is 0 Å². The quantitative estimate of drug-likeness (QED) is 0.826. The van der Waals surface area contributed by atoms with E-state index in [9.17, 15) is 4.79 Å². The number of nitrogens with zero attached hydrogens (tertiary/aromatic N) is 1. The molecule has 1 heterocycles. The van der Waals surface area contributed by atoms with Crippen molar-refractivity contribution in [2.75, 3.05) is 11.1 Å². The first kappa shape index (κ1) is 11.1. The minimum Gasteiger partial charge on any atom is -0.397 e. The van der Waals surface area contributed by atoms with Crippen molar-refractivity contribution >= 4 is 17.3 Å². The van der Waals surface area contributed by atoms with E-state index in [1.807, 2.05) is 31.2 Å². The van der Waals surface area contributed by atoms with Crippen molar-refractivity contribution in [2.45, 2.75) is 6.92 Å². The summed E-state index contributed by atoms with van der Waals surface area (Å²) in [5.41, 5.74) is 8.29. The van der Waals surface area contributed by atoms with Gasteiger partial charge >= 0.3 is 0 Å². The molecule has 0 aliphatic rings. The highest BCUT2D eigenvalue weighted by molar-refractivity contribution is 6.07. The number of para-hydroxylation sites is 1. The van der Waals surface area contributed by atoms with Crippen LogP contribution < -0.4 is 11.1 Å². The molecule has 4 heteroatoms. The molecule has 3 N–H and O–H groups in total. The summed E-state index contributed by atoms with van der Waals surface area (Å²) in [5.74, 6) is -0.223. The number of carbonyl (C=O) groups is 1. The van der Waals surface area contributed by atoms with E-state index in [0.717, 1.165) is 11.3 Å². The number of anilines is 2. The first-order valence-electron chi connectivity index (χ1n) is 5.25. The number of amides is 1. The van der Waals surface area contributed by atoms with E-state index in [0.29, 0.717) is 11.3 Å². The molecule has 0 saturated carbocycles. The Morgan fingerprint density at radius 2 is 2.06 bits per heavy atom. The molecule has 0 unspecified atom stereocenters. The van der Waals surface area contributed by atoms with Crippen LogP contribution in [0.2, 0.25) is 0 Å². The number of rotatable bonds is 2. The predicted molar refractivity (Wildman–Crippen MR) is 67.8 cm³/mol. The largest absolute Gasteiger partial charge is 0.397 e. The molecule has 1 amide bonds. The second kappa shape index (κ2) is 4.65. The lowest BCUT2D eigenvalue weighted by molar-refractivity contribution is 0.102. The van der Waals surface area contributed by atoms with E-state index in [1.165, 1.54) is 6.20 Å². The number of hydrogen-bond acceptors (Lipinski definition) is 3. The molecule has 0 aliphatic carbocycles. The second-order valence-corrected chi connectivity index (χ2v) is 3.73. The Kier molecular flexibility index (Phi) is 3.05. The number of carbonyl (C=O) groups excluding carboxylic acids is 1. The van der Waals surface area contributed by atoms with Crippen LogP contribution in [0.1, 0.15) is 15.9 Å². The smallest absolute Gasteiger partial charge is 0.257 e. The SMILES string of the molecule is Cc1ccccc1NC(=O)c1ccncc1N. The predicted octanol–water partition coefficient (Wildman–Crippen LogP) is 2.22. The van der Waals surface area contributed by atoms with Gasteiger partial charge in [0.1, 0.15) is 0 Å². The van der Waals surface area contributed by atoms with E-state index < -0.39 is 0 Å². The van der Waals surface area contributed by atoms with Gasteiger partial charge in [-0.25, -0.2) is 0 Å². The minimum atomic E-state index is -0.223. The Balaban J connectivity index is 2.24. The van der Waals surface area contributed by atoms with Crippen LogP contribution in [0, 0.1) is 6.92 Å². The molecule has 2 rings (SSSR count). The lowest BCUT2D eigenvalue weighted by atomic mass is 10.1. The monoisotopic (exact) mass is 227 g/mol. The molecule has 0 fully saturated rings. The van der Waals surface area contributed by atoms with Crippen LogP contribution in [0.4, 0.5) is 11.4 Å². The van der Waals surface area contributed by atoms with Gasteiger partial charge in [-0.1, -0.05) is 18.2 Å². The Hall–Kier alpha value is -2.36. The first-order valence-corrected chi connectivity index (χ1v) is 5.25. The van der Waals surface area contributed by atoms with Gasteiger partial charge in [0.05, 0.1) is 17.4 Å². The average Bonchev–Trinajstić information content (AvgIpc) is 2.32. The second-order valence-electron chi connectivity index (χ2n) is 3.73. The van der Waals surface area contributed by atoms with E-state index in [1.54, 1.807) is 12.3 Å². The van der Waals surface area contributed by atoms with Crippen LogP contribution in [0.25, 0.3) is 0 Å². The molecular weight excluding hydrogens is 214 g/mol. The molecular formula is C13H13N3O. The summed E-state index contributed by atoms with van der Waals surface area (Å²) >= 11 is 0. The van der Waals surface area contributed by atoms with Gasteiger partial charge in [0.2, 0.25) is 0 Å². The Morgan fingerprint density at radius 1 is 1.29 bits per heavy atom. The van der Waals surface area contributed by atoms with Crippen LogP contribution in [-0.4, -0.2) is 10.9 Å². The Morgan fingerprint density at radius 3 is 2.76 bits per heavy atom. The molecule has 0 radical (unpaired) electrons. The van der Waals surface area contributed by atoms with E-state index >= 15 is 0 Å². The molecule has 17 heavy (non-hydrogen) atoms. The van der Waals surface area contributed by atoms with Crippen molar-refractivity contribution in [3.05, 3.63) is 53.9 Å². The number of aryl methyl sites for hydroxylation is 1. The maximum Gasteiger partial charge on any atom is 0.257 e. The van der Waals surface area contributed by atoms with Crippen LogP contribution in [-0.2, 0) is 0 Å². The molecule has 2 aromatic rings. The highest BCUT2D eigenvalue weighted by Crippen LogP contribution is 2.16. The number of aromatic nitrogens is 1. The van der Waals surface area contributed by atoms with Crippen LogP contribution in [0.3, 0.4) is 0 Å². The van der Waals surface area contributed by atoms with Crippen molar-refractivity contribution in [1.29, 1.82) is 0 Å². The van der Waals surface area contributed by atoms with Crippen molar-refractivity contribution in [3.63, 3.8) is 0 Å². The molecule has 1 aromatic heterocycles. The molecule has 4 nitrogen and oxygen atoms in total. The van der Waals surface area contributed by atoms with Gasteiger partial charge in [-0.15, -0.1) is 0 Å². The third-order valence-electron chi connectivity index (χ3n) is 2.49. The van der Waals surface area contributed by atoms with Gasteiger partial charge in [-0.05, 0) is 24.6 Å². The van der Waals surface area contributed by atoms with Crippen molar-refractivity contribution in [2.24, 2.45) is 0 Å². The number of pyridine rings is 1. The van der Waals surface area contributed by atoms with Crippen molar-refractivity contribution in [1.82, 2.24) is 4.98 Å². The number of nitrogens with two attached hydrogens (primary N) is 1. The summed E-state index contributed by atoms with van der Waals surface area (Å²) in [5, 5.41) is 2.82. The summed E-state index contributed by atoms with van der Waals surface area (Å²) < 4.78 is 0. The Labute approximate surface area is 99.5 Å². The van der Waals surface area contributed by atoms with Gasteiger partial charge < -0.3 is 11.1 Å². The summed E-state index contributed by atoms with van der Waals surface area (Å²) in [4.78, 5) is 15.8. The summed E-state index contributed by atoms with van der Waals surface area (Å²) in [6.07, 6.45) is 3.01. The number of benzene rings is 1. The summed E-state index contributed by atoms with van der Waals surface area (Å²) in [6.45, 7) is 1.94. The van der Waals surface area contributed by atoms with Gasteiger partial charge in [0.25, 0.3) is 5.91 Å². The number of hydrogen-bond donors (Lipinski definition) is 2. The lowest BCUT2D eigenvalue weighted by Gasteiger charge is -2.09. The van der Waals surface area contributed by atoms with E-state index in [2.05, 4.69) is 10.3 Å². The topological polar surface area (TPSA) is 68.0 Å². The number of nitrogens with one attached hydrogen (secondary N) is 1. The van der Waals surface area contributed by atoms with Crippen LogP contribution >= 0.6 is 0 Å². The highest BCUT2D eigenvalue weighted by atomic mass is 16.1. The number of nitrogen functional groups attached to an aromatic ring is 1. The molecule has 0 bridgehead atoms. The molecule has 86 valence electrons. The van der Waals surface area contributed by atoms with Crippen molar-refractivity contribution < 1.29 is 4.79 Å². The van der Waals surface area contributed by atoms with Gasteiger partial charge in [-0.3, -0.25) is 9.78 Å². The van der Waals surface area contributed by atoms with E-state index in [4.69, 9.17) is 5.73 Å². The third-order valence-corrected chi connectivity index (χ3v) is 2.49. The molecule has 1 aromatic carbocycles. The first-order chi connectivity index (χ1) is 8.18. The lowest BCUT2D eigenvalue weighted by Crippen LogP contribution is -2.14. The summed E-state index contributed by atoms with van der Waals surface area (Å²) in [7, 11) is 0. The molecule has 0 atom stereocenters. The van der Waals surface area contributed by atoms with Gasteiger partial charge in [-0.2, -0.15) is 0 Å². The Bertz CT molecular complexity index is 552. The molecule has 0 spiro atoms.